The molecule has 0 bridgehead atoms. The van der Waals surface area contributed by atoms with Crippen molar-refractivity contribution in [1.82, 2.24) is 4.57 Å². The predicted molar refractivity (Wildman–Crippen MR) is 118 cm³/mol. The number of carbonyl (C=O) groups excluding carboxylic acids is 1. The molecule has 150 valence electrons. The Morgan fingerprint density at radius 2 is 1.83 bits per heavy atom. The predicted octanol–water partition coefficient (Wildman–Crippen LogP) is 5.00. The highest BCUT2D eigenvalue weighted by atomic mass is 16.5. The summed E-state index contributed by atoms with van der Waals surface area (Å²) in [5.41, 5.74) is 12.8. The van der Waals surface area contributed by atoms with E-state index in [1.807, 2.05) is 24.3 Å². The van der Waals surface area contributed by atoms with Crippen LogP contribution in [0.15, 0.2) is 42.5 Å². The van der Waals surface area contributed by atoms with Crippen molar-refractivity contribution in [3.05, 3.63) is 42.5 Å². The van der Waals surface area contributed by atoms with E-state index in [0.717, 1.165) is 35.4 Å². The fourth-order valence-electron chi connectivity index (χ4n) is 4.38. The van der Waals surface area contributed by atoms with Crippen molar-refractivity contribution in [3.8, 4) is 11.3 Å². The van der Waals surface area contributed by atoms with Gasteiger partial charge in [-0.1, -0.05) is 12.1 Å². The number of nitrogens with zero attached hydrogens (tertiary/aromatic N) is 2. The smallest absolute Gasteiger partial charge is 0.411 e. The maximum atomic E-state index is 11.4. The number of amides is 1. The first kappa shape index (κ1) is 17.9. The maximum absolute atomic E-state index is 11.4. The molecule has 1 saturated carbocycles. The fourth-order valence-corrected chi connectivity index (χ4v) is 4.38. The molecule has 0 unspecified atom stereocenters. The molecule has 1 saturated heterocycles. The number of benzene rings is 2. The van der Waals surface area contributed by atoms with E-state index in [0.29, 0.717) is 11.7 Å². The highest BCUT2D eigenvalue weighted by Gasteiger charge is 2.30. The molecule has 0 radical (unpaired) electrons. The highest BCUT2D eigenvalue weighted by Crippen LogP contribution is 2.47. The normalized spacial score (nSPS) is 16.4. The number of nitrogen functional groups attached to an aromatic ring is 1. The number of hydrogen-bond donors (Lipinski definition) is 2. The first-order valence-corrected chi connectivity index (χ1v) is 10.3. The summed E-state index contributed by atoms with van der Waals surface area (Å²) in [7, 11) is 1.36. The molecule has 2 aromatic carbocycles. The first-order valence-electron chi connectivity index (χ1n) is 10.3. The highest BCUT2D eigenvalue weighted by molar-refractivity contribution is 6.02. The van der Waals surface area contributed by atoms with E-state index in [-0.39, 0.29) is 0 Å². The van der Waals surface area contributed by atoms with Gasteiger partial charge in [0, 0.05) is 41.5 Å². The second-order valence-corrected chi connectivity index (χ2v) is 7.95. The van der Waals surface area contributed by atoms with E-state index in [4.69, 9.17) is 5.73 Å². The lowest BCUT2D eigenvalue weighted by Gasteiger charge is -2.18. The number of hydrogen-bond acceptors (Lipinski definition) is 4. The average Bonchev–Trinajstić information content (AvgIpc) is 3.34. The second-order valence-electron chi connectivity index (χ2n) is 7.95. The lowest BCUT2D eigenvalue weighted by molar-refractivity contribution is 0.187. The van der Waals surface area contributed by atoms with Crippen LogP contribution in [0.4, 0.5) is 21.9 Å². The van der Waals surface area contributed by atoms with Crippen molar-refractivity contribution in [2.45, 2.75) is 31.7 Å². The number of nitrogens with two attached hydrogens (primary N) is 1. The van der Waals surface area contributed by atoms with E-state index in [2.05, 4.69) is 37.7 Å². The molecule has 1 aliphatic heterocycles. The Hall–Kier alpha value is -3.15. The summed E-state index contributed by atoms with van der Waals surface area (Å²) in [6, 6.07) is 15.0. The summed E-state index contributed by atoms with van der Waals surface area (Å²) >= 11 is 0. The number of fused-ring (bicyclic) bond motifs is 1. The van der Waals surface area contributed by atoms with Gasteiger partial charge in [0.2, 0.25) is 0 Å². The quantitative estimate of drug-likeness (QED) is 0.657. The minimum absolute atomic E-state index is 0.473. The average molecular weight is 390 g/mol. The third-order valence-corrected chi connectivity index (χ3v) is 6.00. The SMILES string of the molecule is COC(=O)Nc1ccc(-c2c(N)c3ccc(N4CCCC4)cc3n2C2CC2)cc1. The van der Waals surface area contributed by atoms with Crippen LogP contribution >= 0.6 is 0 Å². The molecule has 6 heteroatoms. The van der Waals surface area contributed by atoms with Crippen LogP contribution in [0.1, 0.15) is 31.7 Å². The van der Waals surface area contributed by atoms with E-state index >= 15 is 0 Å². The van der Waals surface area contributed by atoms with Gasteiger partial charge in [-0.05, 0) is 56.0 Å². The monoisotopic (exact) mass is 390 g/mol. The van der Waals surface area contributed by atoms with Crippen LogP contribution in [0.3, 0.4) is 0 Å². The Balaban J connectivity index is 1.58. The van der Waals surface area contributed by atoms with Crippen LogP contribution in [-0.2, 0) is 4.74 Å². The van der Waals surface area contributed by atoms with Crippen LogP contribution < -0.4 is 16.0 Å². The fraction of sp³-hybridized carbons (Fsp3) is 0.348. The van der Waals surface area contributed by atoms with Gasteiger partial charge in [-0.15, -0.1) is 0 Å². The first-order chi connectivity index (χ1) is 14.2. The summed E-state index contributed by atoms with van der Waals surface area (Å²) in [6.45, 7) is 2.26. The Morgan fingerprint density at radius 3 is 2.48 bits per heavy atom. The van der Waals surface area contributed by atoms with Gasteiger partial charge < -0.3 is 19.9 Å². The number of anilines is 3. The molecule has 0 atom stereocenters. The standard InChI is InChI=1S/C23H26N4O2/c1-29-23(28)25-16-6-4-15(5-7-16)22-21(24)19-11-10-18(26-12-2-3-13-26)14-20(19)27(22)17-8-9-17/h4-7,10-11,14,17H,2-3,8-9,12-13,24H2,1H3,(H,25,28). The molecule has 2 aliphatic rings. The van der Waals surface area contributed by atoms with Gasteiger partial charge in [0.25, 0.3) is 0 Å². The Kier molecular flexibility index (Phi) is 4.34. The van der Waals surface area contributed by atoms with E-state index in [1.165, 1.54) is 44.0 Å². The molecular formula is C23H26N4O2. The minimum atomic E-state index is -0.473. The lowest BCUT2D eigenvalue weighted by Crippen LogP contribution is -2.17. The number of aromatic nitrogens is 1. The summed E-state index contributed by atoms with van der Waals surface area (Å²) in [5, 5.41) is 3.81. The van der Waals surface area contributed by atoms with Crippen LogP contribution in [-0.4, -0.2) is 30.9 Å². The van der Waals surface area contributed by atoms with Gasteiger partial charge in [0.1, 0.15) is 0 Å². The lowest BCUT2D eigenvalue weighted by atomic mass is 10.1. The number of nitrogens with one attached hydrogen (secondary N) is 1. The molecule has 6 nitrogen and oxygen atoms in total. The molecule has 2 heterocycles. The molecule has 2 fully saturated rings. The zero-order valence-electron chi connectivity index (χ0n) is 16.6. The molecule has 29 heavy (non-hydrogen) atoms. The van der Waals surface area contributed by atoms with Crippen molar-refractivity contribution >= 4 is 34.1 Å². The molecule has 1 aromatic heterocycles. The third-order valence-electron chi connectivity index (χ3n) is 6.00. The van der Waals surface area contributed by atoms with Crippen LogP contribution in [0.2, 0.25) is 0 Å². The van der Waals surface area contributed by atoms with Crippen molar-refractivity contribution in [2.75, 3.05) is 36.1 Å². The Morgan fingerprint density at radius 1 is 1.10 bits per heavy atom. The third kappa shape index (κ3) is 3.18. The summed E-state index contributed by atoms with van der Waals surface area (Å²) < 4.78 is 7.09. The number of ether oxygens (including phenoxy) is 1. The minimum Gasteiger partial charge on any atom is -0.453 e. The van der Waals surface area contributed by atoms with Crippen LogP contribution in [0, 0.1) is 0 Å². The molecule has 0 spiro atoms. The number of carbonyl (C=O) groups is 1. The zero-order valence-corrected chi connectivity index (χ0v) is 16.6. The Labute approximate surface area is 170 Å². The summed E-state index contributed by atoms with van der Waals surface area (Å²) in [6.07, 6.45) is 4.43. The van der Waals surface area contributed by atoms with Crippen molar-refractivity contribution in [3.63, 3.8) is 0 Å². The van der Waals surface area contributed by atoms with Gasteiger partial charge in [0.15, 0.2) is 0 Å². The van der Waals surface area contributed by atoms with Gasteiger partial charge in [-0.2, -0.15) is 0 Å². The molecular weight excluding hydrogens is 364 g/mol. The van der Waals surface area contributed by atoms with E-state index in [9.17, 15) is 4.79 Å². The van der Waals surface area contributed by atoms with Crippen molar-refractivity contribution in [2.24, 2.45) is 0 Å². The van der Waals surface area contributed by atoms with Crippen molar-refractivity contribution in [1.29, 1.82) is 0 Å². The van der Waals surface area contributed by atoms with Crippen LogP contribution in [0.25, 0.3) is 22.2 Å². The topological polar surface area (TPSA) is 72.5 Å². The van der Waals surface area contributed by atoms with Gasteiger partial charge in [-0.3, -0.25) is 5.32 Å². The molecule has 1 aliphatic carbocycles. The largest absolute Gasteiger partial charge is 0.453 e. The maximum Gasteiger partial charge on any atom is 0.411 e. The summed E-state index contributed by atoms with van der Waals surface area (Å²) in [4.78, 5) is 13.9. The second kappa shape index (κ2) is 7.03. The van der Waals surface area contributed by atoms with E-state index in [1.54, 1.807) is 0 Å². The molecule has 3 aromatic rings. The molecule has 5 rings (SSSR count). The molecule has 3 N–H and O–H groups in total. The Bertz CT molecular complexity index is 1060. The summed E-state index contributed by atoms with van der Waals surface area (Å²) in [5.74, 6) is 0. The van der Waals surface area contributed by atoms with Gasteiger partial charge in [0.05, 0.1) is 24.0 Å². The molecule has 1 amide bonds. The van der Waals surface area contributed by atoms with Gasteiger partial charge in [-0.25, -0.2) is 4.79 Å². The van der Waals surface area contributed by atoms with Crippen molar-refractivity contribution < 1.29 is 9.53 Å². The zero-order chi connectivity index (χ0) is 20.0. The van der Waals surface area contributed by atoms with Gasteiger partial charge >= 0.3 is 6.09 Å². The van der Waals surface area contributed by atoms with Crippen LogP contribution in [0.5, 0.6) is 0 Å². The number of methoxy groups -OCH3 is 1. The van der Waals surface area contributed by atoms with E-state index < -0.39 is 6.09 Å². The number of rotatable bonds is 4.